The minimum Gasteiger partial charge on any atom is -0.467 e. The van der Waals surface area contributed by atoms with Gasteiger partial charge in [-0.1, -0.05) is 11.6 Å². The number of nitrogens with one attached hydrogen (secondary N) is 1. The Morgan fingerprint density at radius 3 is 2.47 bits per heavy atom. The molecule has 0 saturated carbocycles. The van der Waals surface area contributed by atoms with Crippen LogP contribution in [0.15, 0.2) is 24.3 Å². The van der Waals surface area contributed by atoms with E-state index in [-0.39, 0.29) is 0 Å². The first kappa shape index (κ1) is 13.5. The summed E-state index contributed by atoms with van der Waals surface area (Å²) in [6.07, 6.45) is 0. The van der Waals surface area contributed by atoms with Crippen molar-refractivity contribution in [2.45, 2.75) is 6.04 Å². The van der Waals surface area contributed by atoms with Gasteiger partial charge in [0.15, 0.2) is 6.04 Å². The smallest absolute Gasteiger partial charge is 0.330 e. The lowest BCUT2D eigenvalue weighted by molar-refractivity contribution is -0.143. The fraction of sp³-hybridized carbons (Fsp3) is 0.273. The number of carbonyl (C=O) groups is 2. The summed E-state index contributed by atoms with van der Waals surface area (Å²) >= 11 is 5.68. The maximum atomic E-state index is 11.7. The van der Waals surface area contributed by atoms with Crippen molar-refractivity contribution in [1.82, 2.24) is 5.32 Å². The maximum Gasteiger partial charge on any atom is 0.330 e. The first-order chi connectivity index (χ1) is 8.08. The summed E-state index contributed by atoms with van der Waals surface area (Å²) in [6.45, 7) is -0.522. The van der Waals surface area contributed by atoms with Crippen LogP contribution in [0.4, 0.5) is 0 Å². The van der Waals surface area contributed by atoms with Gasteiger partial charge >= 0.3 is 5.97 Å². The SMILES string of the molecule is COC(=O)[C@@H](CO)NC(=O)c1ccc(Cl)cc1. The van der Waals surface area contributed by atoms with Crippen LogP contribution in [-0.4, -0.2) is 36.7 Å². The van der Waals surface area contributed by atoms with Gasteiger partial charge in [0.2, 0.25) is 0 Å². The highest BCUT2D eigenvalue weighted by atomic mass is 35.5. The van der Waals surface area contributed by atoms with Crippen molar-refractivity contribution in [2.24, 2.45) is 0 Å². The molecule has 0 bridgehead atoms. The molecule has 1 aromatic rings. The van der Waals surface area contributed by atoms with Gasteiger partial charge in [0.05, 0.1) is 13.7 Å². The molecule has 0 aliphatic heterocycles. The first-order valence-corrected chi connectivity index (χ1v) is 5.21. The van der Waals surface area contributed by atoms with E-state index in [1.165, 1.54) is 19.2 Å². The fourth-order valence-corrected chi connectivity index (χ4v) is 1.29. The minimum absolute atomic E-state index is 0.344. The number of ether oxygens (including phenoxy) is 1. The topological polar surface area (TPSA) is 75.6 Å². The second-order valence-electron chi connectivity index (χ2n) is 3.24. The number of methoxy groups -OCH3 is 1. The van der Waals surface area contributed by atoms with E-state index in [1.54, 1.807) is 12.1 Å². The molecule has 92 valence electrons. The number of hydrogen-bond donors (Lipinski definition) is 2. The van der Waals surface area contributed by atoms with Crippen molar-refractivity contribution in [2.75, 3.05) is 13.7 Å². The molecule has 0 aliphatic rings. The van der Waals surface area contributed by atoms with Crippen LogP contribution in [0.1, 0.15) is 10.4 Å². The molecule has 1 rings (SSSR count). The van der Waals surface area contributed by atoms with Crippen LogP contribution in [0.5, 0.6) is 0 Å². The number of aliphatic hydroxyl groups is 1. The lowest BCUT2D eigenvalue weighted by Gasteiger charge is -2.13. The van der Waals surface area contributed by atoms with Crippen LogP contribution < -0.4 is 5.32 Å². The Morgan fingerprint density at radius 1 is 1.41 bits per heavy atom. The summed E-state index contributed by atoms with van der Waals surface area (Å²) in [5, 5.41) is 11.8. The highest BCUT2D eigenvalue weighted by molar-refractivity contribution is 6.30. The van der Waals surface area contributed by atoms with Crippen LogP contribution in [0, 0.1) is 0 Å². The molecule has 1 atom stereocenters. The van der Waals surface area contributed by atoms with E-state index in [0.717, 1.165) is 0 Å². The van der Waals surface area contributed by atoms with Gasteiger partial charge in [-0.25, -0.2) is 4.79 Å². The molecule has 0 aliphatic carbocycles. The third-order valence-corrected chi connectivity index (χ3v) is 2.33. The van der Waals surface area contributed by atoms with E-state index in [1.807, 2.05) is 0 Å². The summed E-state index contributed by atoms with van der Waals surface area (Å²) in [6, 6.07) is 5.08. The number of aliphatic hydroxyl groups excluding tert-OH is 1. The molecule has 0 saturated heterocycles. The second kappa shape index (κ2) is 6.22. The summed E-state index contributed by atoms with van der Waals surface area (Å²) in [4.78, 5) is 22.8. The van der Waals surface area contributed by atoms with Crippen molar-refractivity contribution in [3.63, 3.8) is 0 Å². The van der Waals surface area contributed by atoms with Crippen LogP contribution in [-0.2, 0) is 9.53 Å². The van der Waals surface area contributed by atoms with Crippen molar-refractivity contribution >= 4 is 23.5 Å². The monoisotopic (exact) mass is 257 g/mol. The molecular weight excluding hydrogens is 246 g/mol. The third kappa shape index (κ3) is 3.72. The highest BCUT2D eigenvalue weighted by Crippen LogP contribution is 2.09. The van der Waals surface area contributed by atoms with Gasteiger partial charge in [-0.2, -0.15) is 0 Å². The largest absolute Gasteiger partial charge is 0.467 e. The zero-order valence-corrected chi connectivity index (χ0v) is 9.90. The van der Waals surface area contributed by atoms with E-state index in [9.17, 15) is 9.59 Å². The average Bonchev–Trinajstić information content (AvgIpc) is 2.35. The Hall–Kier alpha value is -1.59. The van der Waals surface area contributed by atoms with Gasteiger partial charge in [-0.15, -0.1) is 0 Å². The third-order valence-electron chi connectivity index (χ3n) is 2.08. The van der Waals surface area contributed by atoms with E-state index < -0.39 is 24.5 Å². The quantitative estimate of drug-likeness (QED) is 0.775. The zero-order valence-electron chi connectivity index (χ0n) is 9.14. The van der Waals surface area contributed by atoms with Crippen molar-refractivity contribution < 1.29 is 19.4 Å². The van der Waals surface area contributed by atoms with Gasteiger partial charge in [0.25, 0.3) is 5.91 Å². The van der Waals surface area contributed by atoms with Crippen LogP contribution in [0.2, 0.25) is 5.02 Å². The maximum absolute atomic E-state index is 11.7. The number of rotatable bonds is 4. The van der Waals surface area contributed by atoms with Gasteiger partial charge in [-0.3, -0.25) is 4.79 Å². The van der Waals surface area contributed by atoms with Crippen LogP contribution >= 0.6 is 11.6 Å². The first-order valence-electron chi connectivity index (χ1n) is 4.83. The molecule has 0 radical (unpaired) electrons. The molecule has 0 aromatic heterocycles. The molecule has 0 fully saturated rings. The Kier molecular flexibility index (Phi) is 4.93. The Morgan fingerprint density at radius 2 is 2.00 bits per heavy atom. The van der Waals surface area contributed by atoms with E-state index in [4.69, 9.17) is 16.7 Å². The molecular formula is C11H12ClNO4. The number of halogens is 1. The predicted molar refractivity (Wildman–Crippen MR) is 61.8 cm³/mol. The molecule has 6 heteroatoms. The Labute approximate surface area is 103 Å². The minimum atomic E-state index is -1.07. The lowest BCUT2D eigenvalue weighted by atomic mass is 10.2. The number of esters is 1. The molecule has 2 N–H and O–H groups in total. The second-order valence-corrected chi connectivity index (χ2v) is 3.68. The van der Waals surface area contributed by atoms with Gasteiger partial charge < -0.3 is 15.2 Å². The standard InChI is InChI=1S/C11H12ClNO4/c1-17-11(16)9(6-14)13-10(15)7-2-4-8(12)5-3-7/h2-5,9,14H,6H2,1H3,(H,13,15)/t9-/m1/s1. The van der Waals surface area contributed by atoms with E-state index >= 15 is 0 Å². The van der Waals surface area contributed by atoms with Gasteiger partial charge in [0, 0.05) is 10.6 Å². The molecule has 17 heavy (non-hydrogen) atoms. The van der Waals surface area contributed by atoms with Gasteiger partial charge in [0.1, 0.15) is 0 Å². The number of amides is 1. The molecule has 1 amide bonds. The summed E-state index contributed by atoms with van der Waals surface area (Å²) in [5.41, 5.74) is 0.344. The van der Waals surface area contributed by atoms with Crippen molar-refractivity contribution in [3.8, 4) is 0 Å². The van der Waals surface area contributed by atoms with Crippen LogP contribution in [0.25, 0.3) is 0 Å². The summed E-state index contributed by atoms with van der Waals surface area (Å²) in [5.74, 6) is -1.18. The summed E-state index contributed by atoms with van der Waals surface area (Å²) < 4.78 is 4.42. The lowest BCUT2D eigenvalue weighted by Crippen LogP contribution is -2.44. The van der Waals surface area contributed by atoms with E-state index in [2.05, 4.69) is 10.1 Å². The molecule has 1 aromatic carbocycles. The van der Waals surface area contributed by atoms with E-state index in [0.29, 0.717) is 10.6 Å². The summed E-state index contributed by atoms with van der Waals surface area (Å²) in [7, 11) is 1.18. The molecule has 0 spiro atoms. The predicted octanol–water partition coefficient (Wildman–Crippen LogP) is 0.604. The Bertz CT molecular complexity index is 404. The normalized spacial score (nSPS) is 11.7. The van der Waals surface area contributed by atoms with Crippen molar-refractivity contribution in [1.29, 1.82) is 0 Å². The highest BCUT2D eigenvalue weighted by Gasteiger charge is 2.20. The van der Waals surface area contributed by atoms with Crippen molar-refractivity contribution in [3.05, 3.63) is 34.9 Å². The van der Waals surface area contributed by atoms with Gasteiger partial charge in [-0.05, 0) is 24.3 Å². The fourth-order valence-electron chi connectivity index (χ4n) is 1.16. The molecule has 5 nitrogen and oxygen atoms in total. The molecule has 0 unspecified atom stereocenters. The number of hydrogen-bond acceptors (Lipinski definition) is 4. The number of benzene rings is 1. The zero-order chi connectivity index (χ0) is 12.8. The molecule has 0 heterocycles. The average molecular weight is 258 g/mol. The Balaban J connectivity index is 2.71. The number of carbonyl (C=O) groups excluding carboxylic acids is 2. The van der Waals surface area contributed by atoms with Crippen LogP contribution in [0.3, 0.4) is 0 Å².